The zero-order valence-electron chi connectivity index (χ0n) is 11.5. The van der Waals surface area contributed by atoms with Gasteiger partial charge in [0.25, 0.3) is 0 Å². The molecular weight excluding hydrogens is 212 g/mol. The molecule has 0 bridgehead atoms. The Hall–Kier alpha value is -0.120. The van der Waals surface area contributed by atoms with Crippen molar-refractivity contribution in [3.05, 3.63) is 0 Å². The van der Waals surface area contributed by atoms with Crippen LogP contribution in [0.3, 0.4) is 0 Å². The van der Waals surface area contributed by atoms with Gasteiger partial charge in [0.15, 0.2) is 0 Å². The van der Waals surface area contributed by atoms with Crippen molar-refractivity contribution >= 4 is 0 Å². The fourth-order valence-corrected chi connectivity index (χ4v) is 4.03. The maximum absolute atomic E-state index is 6.21. The van der Waals surface area contributed by atoms with Crippen molar-refractivity contribution in [1.29, 1.82) is 0 Å². The Labute approximate surface area is 106 Å². The summed E-state index contributed by atoms with van der Waals surface area (Å²) in [6.45, 7) is 8.24. The highest BCUT2D eigenvalue weighted by Crippen LogP contribution is 2.41. The van der Waals surface area contributed by atoms with Gasteiger partial charge >= 0.3 is 0 Å². The molecule has 3 unspecified atom stereocenters. The van der Waals surface area contributed by atoms with Crippen molar-refractivity contribution in [3.8, 4) is 0 Å². The zero-order chi connectivity index (χ0) is 12.3. The summed E-state index contributed by atoms with van der Waals surface area (Å²) in [4.78, 5) is 2.67. The zero-order valence-corrected chi connectivity index (χ0v) is 11.5. The molecule has 3 heteroatoms. The molecule has 17 heavy (non-hydrogen) atoms. The van der Waals surface area contributed by atoms with Gasteiger partial charge in [-0.05, 0) is 25.7 Å². The van der Waals surface area contributed by atoms with Gasteiger partial charge in [-0.1, -0.05) is 26.2 Å². The molecule has 0 spiro atoms. The topological polar surface area (TPSA) is 38.5 Å². The van der Waals surface area contributed by atoms with Crippen LogP contribution in [0, 0.1) is 5.92 Å². The van der Waals surface area contributed by atoms with E-state index >= 15 is 0 Å². The quantitative estimate of drug-likeness (QED) is 0.820. The first-order valence-corrected chi connectivity index (χ1v) is 7.29. The van der Waals surface area contributed by atoms with Crippen molar-refractivity contribution < 1.29 is 4.74 Å². The van der Waals surface area contributed by atoms with Crippen molar-refractivity contribution in [1.82, 2.24) is 4.90 Å². The highest BCUT2D eigenvalue weighted by atomic mass is 16.5. The Balaban J connectivity index is 2.20. The largest absolute Gasteiger partial charge is 0.379 e. The summed E-state index contributed by atoms with van der Waals surface area (Å²) in [5.74, 6) is 0.779. The Kier molecular flexibility index (Phi) is 4.45. The van der Waals surface area contributed by atoms with Gasteiger partial charge in [-0.25, -0.2) is 0 Å². The smallest absolute Gasteiger partial charge is 0.0620 e. The molecular formula is C14H28N2O. The van der Waals surface area contributed by atoms with Gasteiger partial charge in [-0.3, -0.25) is 4.90 Å². The van der Waals surface area contributed by atoms with Crippen LogP contribution in [0.5, 0.6) is 0 Å². The summed E-state index contributed by atoms with van der Waals surface area (Å²) >= 11 is 0. The molecule has 1 saturated carbocycles. The molecule has 3 atom stereocenters. The normalized spacial score (nSPS) is 40.4. The minimum atomic E-state index is 0.260. The van der Waals surface area contributed by atoms with Crippen LogP contribution in [0.2, 0.25) is 0 Å². The van der Waals surface area contributed by atoms with Crippen LogP contribution in [-0.2, 0) is 4.74 Å². The van der Waals surface area contributed by atoms with Gasteiger partial charge < -0.3 is 10.5 Å². The lowest BCUT2D eigenvalue weighted by atomic mass is 9.69. The van der Waals surface area contributed by atoms with E-state index in [-0.39, 0.29) is 5.54 Å². The van der Waals surface area contributed by atoms with Crippen molar-refractivity contribution in [3.63, 3.8) is 0 Å². The van der Waals surface area contributed by atoms with Gasteiger partial charge in [0.2, 0.25) is 0 Å². The lowest BCUT2D eigenvalue weighted by Crippen LogP contribution is -2.65. The standard InChI is InChI=1S/C14H28N2O/c1-3-13-6-4-5-7-14(13,11-15)16-8-9-17-10-12(16)2/h12-13H,3-11,15H2,1-2H3. The van der Waals surface area contributed by atoms with Gasteiger partial charge in [-0.15, -0.1) is 0 Å². The van der Waals surface area contributed by atoms with Gasteiger partial charge in [0.05, 0.1) is 13.2 Å². The van der Waals surface area contributed by atoms with E-state index in [0.29, 0.717) is 6.04 Å². The lowest BCUT2D eigenvalue weighted by molar-refractivity contribution is -0.0908. The van der Waals surface area contributed by atoms with Crippen LogP contribution in [-0.4, -0.2) is 42.8 Å². The number of hydrogen-bond donors (Lipinski definition) is 1. The monoisotopic (exact) mass is 240 g/mol. The second-order valence-electron chi connectivity index (χ2n) is 5.78. The van der Waals surface area contributed by atoms with E-state index in [2.05, 4.69) is 18.7 Å². The summed E-state index contributed by atoms with van der Waals surface area (Å²) in [7, 11) is 0. The third-order valence-corrected chi connectivity index (χ3v) is 4.96. The highest BCUT2D eigenvalue weighted by molar-refractivity contribution is 5.01. The van der Waals surface area contributed by atoms with E-state index in [1.165, 1.54) is 32.1 Å². The molecule has 0 aromatic heterocycles. The average Bonchev–Trinajstić information content (AvgIpc) is 2.39. The molecule has 2 N–H and O–H groups in total. The highest BCUT2D eigenvalue weighted by Gasteiger charge is 2.45. The van der Waals surface area contributed by atoms with Crippen LogP contribution < -0.4 is 5.73 Å². The van der Waals surface area contributed by atoms with Gasteiger partial charge in [0.1, 0.15) is 0 Å². The van der Waals surface area contributed by atoms with E-state index < -0.39 is 0 Å². The van der Waals surface area contributed by atoms with Gasteiger partial charge in [0, 0.05) is 24.7 Å². The number of morpholine rings is 1. The van der Waals surface area contributed by atoms with E-state index in [0.717, 1.165) is 32.2 Å². The predicted octanol–water partition coefficient (Wildman–Crippen LogP) is 2.00. The number of nitrogens with two attached hydrogens (primary N) is 1. The maximum Gasteiger partial charge on any atom is 0.0620 e. The van der Waals surface area contributed by atoms with Crippen LogP contribution in [0.1, 0.15) is 46.0 Å². The Bertz CT molecular complexity index is 246. The predicted molar refractivity (Wildman–Crippen MR) is 71.0 cm³/mol. The molecule has 0 aromatic carbocycles. The van der Waals surface area contributed by atoms with Crippen LogP contribution >= 0.6 is 0 Å². The summed E-state index contributed by atoms with van der Waals surface area (Å²) in [6, 6.07) is 0.527. The first kappa shape index (κ1) is 13.3. The third kappa shape index (κ3) is 2.38. The molecule has 1 heterocycles. The average molecular weight is 240 g/mol. The fourth-order valence-electron chi connectivity index (χ4n) is 4.03. The number of rotatable bonds is 3. The molecule has 0 radical (unpaired) electrons. The molecule has 0 amide bonds. The summed E-state index contributed by atoms with van der Waals surface area (Å²) in [5.41, 5.74) is 6.47. The minimum Gasteiger partial charge on any atom is -0.379 e. The van der Waals surface area contributed by atoms with Crippen LogP contribution in [0.25, 0.3) is 0 Å². The first-order valence-electron chi connectivity index (χ1n) is 7.29. The van der Waals surface area contributed by atoms with E-state index in [1.807, 2.05) is 0 Å². The van der Waals surface area contributed by atoms with Crippen LogP contribution in [0.4, 0.5) is 0 Å². The second-order valence-corrected chi connectivity index (χ2v) is 5.78. The number of nitrogens with zero attached hydrogens (tertiary/aromatic N) is 1. The van der Waals surface area contributed by atoms with Crippen molar-refractivity contribution in [2.24, 2.45) is 11.7 Å². The SMILES string of the molecule is CCC1CCCCC1(CN)N1CCOCC1C. The number of ether oxygens (including phenoxy) is 1. The maximum atomic E-state index is 6.21. The molecule has 1 aliphatic heterocycles. The summed E-state index contributed by atoms with van der Waals surface area (Å²) in [6.07, 6.45) is 6.64. The molecule has 0 aromatic rings. The second kappa shape index (κ2) is 5.68. The van der Waals surface area contributed by atoms with Crippen LogP contribution in [0.15, 0.2) is 0 Å². The molecule has 100 valence electrons. The van der Waals surface area contributed by atoms with E-state index in [9.17, 15) is 0 Å². The molecule has 1 saturated heterocycles. The molecule has 2 aliphatic rings. The Morgan fingerprint density at radius 3 is 2.88 bits per heavy atom. The van der Waals surface area contributed by atoms with E-state index in [4.69, 9.17) is 10.5 Å². The fraction of sp³-hybridized carbons (Fsp3) is 1.00. The molecule has 3 nitrogen and oxygen atoms in total. The summed E-state index contributed by atoms with van der Waals surface area (Å²) < 4.78 is 5.58. The summed E-state index contributed by atoms with van der Waals surface area (Å²) in [5, 5.41) is 0. The third-order valence-electron chi connectivity index (χ3n) is 4.96. The Morgan fingerprint density at radius 1 is 1.41 bits per heavy atom. The first-order chi connectivity index (χ1) is 8.24. The molecule has 2 fully saturated rings. The number of hydrogen-bond acceptors (Lipinski definition) is 3. The minimum absolute atomic E-state index is 0.260. The van der Waals surface area contributed by atoms with Gasteiger partial charge in [-0.2, -0.15) is 0 Å². The lowest BCUT2D eigenvalue weighted by Gasteiger charge is -2.54. The Morgan fingerprint density at radius 2 is 2.24 bits per heavy atom. The molecule has 2 rings (SSSR count). The van der Waals surface area contributed by atoms with E-state index in [1.54, 1.807) is 0 Å². The van der Waals surface area contributed by atoms with Crippen molar-refractivity contribution in [2.45, 2.75) is 57.5 Å². The molecule has 1 aliphatic carbocycles. The van der Waals surface area contributed by atoms with Crippen molar-refractivity contribution in [2.75, 3.05) is 26.3 Å².